The number of halogens is 1. The molecule has 0 unspecified atom stereocenters. The molecule has 1 aromatic carbocycles. The van der Waals surface area contributed by atoms with E-state index in [1.807, 2.05) is 18.2 Å². The van der Waals surface area contributed by atoms with Gasteiger partial charge >= 0.3 is 0 Å². The van der Waals surface area contributed by atoms with Crippen LogP contribution < -0.4 is 15.5 Å². The molecule has 1 amide bonds. The fourth-order valence-corrected chi connectivity index (χ4v) is 4.04. The third-order valence-corrected chi connectivity index (χ3v) is 6.01. The summed E-state index contributed by atoms with van der Waals surface area (Å²) in [7, 11) is 3.83. The largest absolute Gasteiger partial charge is 0.469 e. The van der Waals surface area contributed by atoms with Crippen molar-refractivity contribution in [1.29, 1.82) is 0 Å². The Morgan fingerprint density at radius 1 is 1.18 bits per heavy atom. The van der Waals surface area contributed by atoms with Crippen molar-refractivity contribution in [3.05, 3.63) is 54.5 Å². The molecular formula is C25H38IN5O2. The summed E-state index contributed by atoms with van der Waals surface area (Å²) >= 11 is 0. The molecule has 0 aliphatic carbocycles. The fraction of sp³-hybridized carbons (Fsp3) is 0.520. The lowest BCUT2D eigenvalue weighted by Gasteiger charge is -2.34. The van der Waals surface area contributed by atoms with Gasteiger partial charge < -0.3 is 24.9 Å². The number of carbonyl (C=O) groups excluding carboxylic acids is 1. The fourth-order valence-electron chi connectivity index (χ4n) is 4.04. The molecule has 8 heteroatoms. The number of nitrogens with one attached hydrogen (secondary N) is 2. The number of guanidine groups is 1. The van der Waals surface area contributed by atoms with Gasteiger partial charge in [-0.1, -0.05) is 18.2 Å². The van der Waals surface area contributed by atoms with Crippen LogP contribution in [0.15, 0.2) is 58.1 Å². The standard InChI is InChI=1S/C25H37N5O2.HI/c1-26-24(31)20-21-12-17-30(18-13-21)25(28-15-11-23-10-6-19-32-23)27-14-7-16-29(2)22-8-4-3-5-9-22;/h3-6,8-10,19,21H,7,11-18,20H2,1-2H3,(H,26,31)(H,27,28);1H. The number of amides is 1. The van der Waals surface area contributed by atoms with Gasteiger partial charge in [0.05, 0.1) is 6.26 Å². The molecule has 3 rings (SSSR count). The van der Waals surface area contributed by atoms with E-state index in [1.54, 1.807) is 13.3 Å². The van der Waals surface area contributed by atoms with E-state index in [4.69, 9.17) is 9.41 Å². The first-order valence-corrected chi connectivity index (χ1v) is 11.7. The Kier molecular flexibility index (Phi) is 12.1. The minimum Gasteiger partial charge on any atom is -0.469 e. The van der Waals surface area contributed by atoms with Crippen molar-refractivity contribution < 1.29 is 9.21 Å². The molecule has 0 radical (unpaired) electrons. The first kappa shape index (κ1) is 27.0. The van der Waals surface area contributed by atoms with Crippen LogP contribution in [0.5, 0.6) is 0 Å². The number of rotatable bonds is 10. The summed E-state index contributed by atoms with van der Waals surface area (Å²) in [5.74, 6) is 2.54. The molecule has 33 heavy (non-hydrogen) atoms. The highest BCUT2D eigenvalue weighted by atomic mass is 127. The first-order valence-electron chi connectivity index (χ1n) is 11.7. The van der Waals surface area contributed by atoms with E-state index in [1.165, 1.54) is 5.69 Å². The lowest BCUT2D eigenvalue weighted by atomic mass is 9.93. The number of nitrogens with zero attached hydrogens (tertiary/aromatic N) is 3. The summed E-state index contributed by atoms with van der Waals surface area (Å²) in [4.78, 5) is 21.2. The molecule has 1 aliphatic rings. The van der Waals surface area contributed by atoms with E-state index < -0.39 is 0 Å². The minimum atomic E-state index is 0. The van der Waals surface area contributed by atoms with Crippen molar-refractivity contribution >= 4 is 41.5 Å². The van der Waals surface area contributed by atoms with E-state index in [0.717, 1.165) is 70.1 Å². The maximum atomic E-state index is 11.7. The van der Waals surface area contributed by atoms with Gasteiger partial charge in [-0.05, 0) is 49.4 Å². The number of carbonyl (C=O) groups is 1. The number of aliphatic imine (C=N–C) groups is 1. The van der Waals surface area contributed by atoms with Crippen molar-refractivity contribution in [3.63, 3.8) is 0 Å². The van der Waals surface area contributed by atoms with Gasteiger partial charge in [0.1, 0.15) is 5.76 Å². The van der Waals surface area contributed by atoms with Crippen molar-refractivity contribution in [2.24, 2.45) is 10.9 Å². The zero-order valence-electron chi connectivity index (χ0n) is 19.8. The van der Waals surface area contributed by atoms with Crippen LogP contribution in [-0.4, -0.2) is 63.6 Å². The van der Waals surface area contributed by atoms with Crippen molar-refractivity contribution in [2.75, 3.05) is 51.7 Å². The summed E-state index contributed by atoms with van der Waals surface area (Å²) < 4.78 is 5.45. The summed E-state index contributed by atoms with van der Waals surface area (Å²) in [6, 6.07) is 14.4. The Labute approximate surface area is 215 Å². The second-order valence-corrected chi connectivity index (χ2v) is 8.38. The van der Waals surface area contributed by atoms with Crippen molar-refractivity contribution in [2.45, 2.75) is 32.1 Å². The van der Waals surface area contributed by atoms with Gasteiger partial charge in [0.2, 0.25) is 5.91 Å². The van der Waals surface area contributed by atoms with Crippen LogP contribution in [0.2, 0.25) is 0 Å². The normalized spacial score (nSPS) is 14.5. The van der Waals surface area contributed by atoms with E-state index in [0.29, 0.717) is 12.3 Å². The van der Waals surface area contributed by atoms with Crippen LogP contribution in [0, 0.1) is 5.92 Å². The van der Waals surface area contributed by atoms with Crippen LogP contribution in [-0.2, 0) is 11.2 Å². The molecule has 2 aromatic rings. The number of likely N-dealkylation sites (tertiary alicyclic amines) is 1. The summed E-state index contributed by atoms with van der Waals surface area (Å²) in [6.45, 7) is 4.38. The molecule has 0 atom stereocenters. The minimum absolute atomic E-state index is 0. The molecule has 182 valence electrons. The smallest absolute Gasteiger partial charge is 0.220 e. The van der Waals surface area contributed by atoms with E-state index >= 15 is 0 Å². The van der Waals surface area contributed by atoms with Crippen LogP contribution in [0.1, 0.15) is 31.4 Å². The summed E-state index contributed by atoms with van der Waals surface area (Å²) in [6.07, 6.45) is 6.18. The van der Waals surface area contributed by atoms with E-state index in [9.17, 15) is 4.79 Å². The molecule has 2 N–H and O–H groups in total. The van der Waals surface area contributed by atoms with Gasteiger partial charge in [0.25, 0.3) is 0 Å². The lowest BCUT2D eigenvalue weighted by Crippen LogP contribution is -2.46. The van der Waals surface area contributed by atoms with Gasteiger partial charge in [-0.25, -0.2) is 0 Å². The Morgan fingerprint density at radius 3 is 2.61 bits per heavy atom. The first-order chi connectivity index (χ1) is 15.7. The van der Waals surface area contributed by atoms with Gasteiger partial charge in [-0.15, -0.1) is 24.0 Å². The number of hydrogen-bond donors (Lipinski definition) is 2. The highest BCUT2D eigenvalue weighted by Crippen LogP contribution is 2.20. The SMILES string of the molecule is CNC(=O)CC1CCN(C(=NCCCN(C)c2ccccc2)NCCc2ccco2)CC1.I. The van der Waals surface area contributed by atoms with Crippen molar-refractivity contribution in [3.8, 4) is 0 Å². The number of benzene rings is 1. The Hall–Kier alpha value is -2.23. The Morgan fingerprint density at radius 2 is 1.94 bits per heavy atom. The highest BCUT2D eigenvalue weighted by molar-refractivity contribution is 14.0. The number of anilines is 1. The maximum absolute atomic E-state index is 11.7. The topological polar surface area (TPSA) is 73.1 Å². The van der Waals surface area contributed by atoms with Crippen LogP contribution in [0.4, 0.5) is 5.69 Å². The molecule has 1 saturated heterocycles. The molecule has 1 aliphatic heterocycles. The highest BCUT2D eigenvalue weighted by Gasteiger charge is 2.23. The van der Waals surface area contributed by atoms with E-state index in [2.05, 4.69) is 51.7 Å². The number of piperidine rings is 1. The second kappa shape index (κ2) is 14.8. The van der Waals surface area contributed by atoms with Crippen molar-refractivity contribution in [1.82, 2.24) is 15.5 Å². The molecule has 1 fully saturated rings. The molecule has 2 heterocycles. The van der Waals surface area contributed by atoms with Crippen LogP contribution >= 0.6 is 24.0 Å². The molecule has 7 nitrogen and oxygen atoms in total. The summed E-state index contributed by atoms with van der Waals surface area (Å²) in [5, 5.41) is 6.28. The monoisotopic (exact) mass is 567 g/mol. The Balaban J connectivity index is 0.00000385. The zero-order chi connectivity index (χ0) is 22.6. The average Bonchev–Trinajstić information content (AvgIpc) is 3.35. The molecule has 0 bridgehead atoms. The predicted molar refractivity (Wildman–Crippen MR) is 145 cm³/mol. The molecule has 0 saturated carbocycles. The lowest BCUT2D eigenvalue weighted by molar-refractivity contribution is -0.121. The zero-order valence-corrected chi connectivity index (χ0v) is 22.2. The quantitative estimate of drug-likeness (QED) is 0.198. The van der Waals surface area contributed by atoms with E-state index in [-0.39, 0.29) is 29.9 Å². The number of para-hydroxylation sites is 1. The second-order valence-electron chi connectivity index (χ2n) is 8.38. The third kappa shape index (κ3) is 9.27. The predicted octanol–water partition coefficient (Wildman–Crippen LogP) is 3.76. The third-order valence-electron chi connectivity index (χ3n) is 6.01. The van der Waals surface area contributed by atoms with Crippen LogP contribution in [0.3, 0.4) is 0 Å². The molecule has 0 spiro atoms. The van der Waals surface area contributed by atoms with Gasteiger partial charge in [-0.3, -0.25) is 9.79 Å². The van der Waals surface area contributed by atoms with Gasteiger partial charge in [0, 0.05) is 65.3 Å². The summed E-state index contributed by atoms with van der Waals surface area (Å²) in [5.41, 5.74) is 1.23. The average molecular weight is 568 g/mol. The number of furan rings is 1. The van der Waals surface area contributed by atoms with Gasteiger partial charge in [0.15, 0.2) is 5.96 Å². The Bertz CT molecular complexity index is 821. The molecular weight excluding hydrogens is 529 g/mol. The number of hydrogen-bond acceptors (Lipinski definition) is 4. The molecule has 1 aromatic heterocycles. The maximum Gasteiger partial charge on any atom is 0.220 e. The van der Waals surface area contributed by atoms with Crippen LogP contribution in [0.25, 0.3) is 0 Å². The van der Waals surface area contributed by atoms with Gasteiger partial charge in [-0.2, -0.15) is 0 Å².